The van der Waals surface area contributed by atoms with Crippen LogP contribution in [0.4, 0.5) is 0 Å². The van der Waals surface area contributed by atoms with Crippen molar-refractivity contribution in [3.8, 4) is 0 Å². The van der Waals surface area contributed by atoms with E-state index in [1.54, 1.807) is 17.0 Å². The van der Waals surface area contributed by atoms with Crippen LogP contribution in [0.2, 0.25) is 0 Å². The first-order valence-corrected chi connectivity index (χ1v) is 6.54. The second-order valence-electron chi connectivity index (χ2n) is 6.17. The van der Waals surface area contributed by atoms with Crippen molar-refractivity contribution >= 4 is 11.7 Å². The summed E-state index contributed by atoms with van der Waals surface area (Å²) in [5.74, 6) is 0.143. The molecule has 1 aromatic rings. The van der Waals surface area contributed by atoms with Crippen LogP contribution in [0.25, 0.3) is 0 Å². The number of amides is 1. The van der Waals surface area contributed by atoms with Gasteiger partial charge < -0.3 is 15.8 Å². The fourth-order valence-electron chi connectivity index (χ4n) is 1.96. The molecule has 5 nitrogen and oxygen atoms in total. The number of nitrogens with zero attached hydrogens (tertiary/aromatic N) is 2. The fraction of sp³-hybridized carbons (Fsp3) is 0.467. The number of likely N-dealkylation sites (N-methyl/N-ethyl adjacent to an activating group) is 1. The Balaban J connectivity index is 2.67. The number of rotatable bonds is 4. The zero-order chi connectivity index (χ0) is 15.3. The molecule has 0 spiro atoms. The monoisotopic (exact) mass is 277 g/mol. The molecule has 0 atom stereocenters. The average Bonchev–Trinajstić information content (AvgIpc) is 2.36. The predicted octanol–water partition coefficient (Wildman–Crippen LogP) is 1.83. The van der Waals surface area contributed by atoms with Crippen molar-refractivity contribution < 1.29 is 10.0 Å². The standard InChI is InChI=1S/C15H23N3O2/c1-15(2,3)10-18(4)13(19)9-11-5-7-12(8-6-11)14(16)17-20/h5-8,20H,9-10H2,1-4H3,(H2,16,17). The highest BCUT2D eigenvalue weighted by atomic mass is 16.4. The second-order valence-corrected chi connectivity index (χ2v) is 6.17. The van der Waals surface area contributed by atoms with Gasteiger partial charge in [-0.2, -0.15) is 0 Å². The maximum atomic E-state index is 12.1. The van der Waals surface area contributed by atoms with E-state index in [9.17, 15) is 4.79 Å². The van der Waals surface area contributed by atoms with E-state index in [1.807, 2.05) is 19.2 Å². The minimum atomic E-state index is 0.0627. The number of amidine groups is 1. The highest BCUT2D eigenvalue weighted by Crippen LogP contribution is 2.15. The van der Waals surface area contributed by atoms with E-state index in [0.29, 0.717) is 18.5 Å². The van der Waals surface area contributed by atoms with Gasteiger partial charge in [0.2, 0.25) is 5.91 Å². The molecule has 0 aromatic heterocycles. The van der Waals surface area contributed by atoms with Crippen molar-refractivity contribution in [1.82, 2.24) is 4.90 Å². The summed E-state index contributed by atoms with van der Waals surface area (Å²) < 4.78 is 0. The molecule has 0 aliphatic carbocycles. The lowest BCUT2D eigenvalue weighted by molar-refractivity contribution is -0.130. The topological polar surface area (TPSA) is 78.9 Å². The number of nitrogens with two attached hydrogens (primary N) is 1. The Morgan fingerprint density at radius 3 is 2.30 bits per heavy atom. The smallest absolute Gasteiger partial charge is 0.226 e. The fourth-order valence-corrected chi connectivity index (χ4v) is 1.96. The SMILES string of the molecule is CN(CC(C)(C)C)C(=O)Cc1ccc(C(N)=NO)cc1. The van der Waals surface area contributed by atoms with E-state index in [1.165, 1.54) is 0 Å². The Hall–Kier alpha value is -2.04. The van der Waals surface area contributed by atoms with E-state index in [0.717, 1.165) is 5.56 Å². The molecule has 0 radical (unpaired) electrons. The summed E-state index contributed by atoms with van der Waals surface area (Å²) in [7, 11) is 1.82. The number of carbonyl (C=O) groups is 1. The zero-order valence-corrected chi connectivity index (χ0v) is 12.6. The van der Waals surface area contributed by atoms with Gasteiger partial charge in [0.15, 0.2) is 5.84 Å². The molecule has 0 heterocycles. The summed E-state index contributed by atoms with van der Waals surface area (Å²) in [6, 6.07) is 7.11. The van der Waals surface area contributed by atoms with Crippen LogP contribution in [0.1, 0.15) is 31.9 Å². The van der Waals surface area contributed by atoms with Gasteiger partial charge in [-0.3, -0.25) is 4.79 Å². The summed E-state index contributed by atoms with van der Waals surface area (Å²) in [6.45, 7) is 7.02. The van der Waals surface area contributed by atoms with Crippen molar-refractivity contribution in [3.05, 3.63) is 35.4 Å². The van der Waals surface area contributed by atoms with Crippen LogP contribution in [0, 0.1) is 5.41 Å². The zero-order valence-electron chi connectivity index (χ0n) is 12.6. The third-order valence-corrected chi connectivity index (χ3v) is 2.85. The summed E-state index contributed by atoms with van der Waals surface area (Å²) in [5.41, 5.74) is 7.11. The lowest BCUT2D eigenvalue weighted by Gasteiger charge is -2.26. The summed E-state index contributed by atoms with van der Waals surface area (Å²) >= 11 is 0. The average molecular weight is 277 g/mol. The van der Waals surface area contributed by atoms with Crippen LogP contribution in [0.3, 0.4) is 0 Å². The maximum Gasteiger partial charge on any atom is 0.226 e. The van der Waals surface area contributed by atoms with Gasteiger partial charge in [-0.1, -0.05) is 50.2 Å². The largest absolute Gasteiger partial charge is 0.409 e. The Bertz CT molecular complexity index is 487. The first kappa shape index (κ1) is 16.0. The molecule has 0 aliphatic rings. The normalized spacial score (nSPS) is 12.3. The van der Waals surface area contributed by atoms with Gasteiger partial charge in [0.1, 0.15) is 0 Å². The molecule has 0 bridgehead atoms. The Labute approximate surface area is 120 Å². The molecule has 0 fully saturated rings. The molecule has 0 unspecified atom stereocenters. The third kappa shape index (κ3) is 4.91. The molecule has 0 saturated heterocycles. The van der Waals surface area contributed by atoms with Gasteiger partial charge in [0.25, 0.3) is 0 Å². The van der Waals surface area contributed by atoms with Crippen molar-refractivity contribution in [2.75, 3.05) is 13.6 Å². The summed E-state index contributed by atoms with van der Waals surface area (Å²) in [6.07, 6.45) is 0.350. The minimum Gasteiger partial charge on any atom is -0.409 e. The highest BCUT2D eigenvalue weighted by molar-refractivity contribution is 5.97. The van der Waals surface area contributed by atoms with E-state index in [-0.39, 0.29) is 17.2 Å². The highest BCUT2D eigenvalue weighted by Gasteiger charge is 2.17. The number of hydrogen-bond acceptors (Lipinski definition) is 3. The molecule has 1 aromatic carbocycles. The van der Waals surface area contributed by atoms with Crippen LogP contribution >= 0.6 is 0 Å². The van der Waals surface area contributed by atoms with Crippen LogP contribution in [-0.2, 0) is 11.2 Å². The molecule has 3 N–H and O–H groups in total. The molecule has 20 heavy (non-hydrogen) atoms. The second kappa shape index (κ2) is 6.41. The van der Waals surface area contributed by atoms with E-state index >= 15 is 0 Å². The van der Waals surface area contributed by atoms with Crippen molar-refractivity contribution in [3.63, 3.8) is 0 Å². The lowest BCUT2D eigenvalue weighted by Crippen LogP contribution is -2.35. The van der Waals surface area contributed by atoms with Crippen LogP contribution in [0.15, 0.2) is 29.4 Å². The number of benzene rings is 1. The Morgan fingerprint density at radius 2 is 1.85 bits per heavy atom. The molecule has 0 saturated carbocycles. The molecule has 5 heteroatoms. The van der Waals surface area contributed by atoms with Crippen molar-refractivity contribution in [2.45, 2.75) is 27.2 Å². The van der Waals surface area contributed by atoms with Crippen molar-refractivity contribution in [1.29, 1.82) is 0 Å². The van der Waals surface area contributed by atoms with Gasteiger partial charge in [-0.25, -0.2) is 0 Å². The van der Waals surface area contributed by atoms with Crippen LogP contribution in [0.5, 0.6) is 0 Å². The minimum absolute atomic E-state index is 0.0627. The quantitative estimate of drug-likeness (QED) is 0.381. The summed E-state index contributed by atoms with van der Waals surface area (Å²) in [4.78, 5) is 13.9. The number of carbonyl (C=O) groups excluding carboxylic acids is 1. The number of hydrogen-bond donors (Lipinski definition) is 2. The third-order valence-electron chi connectivity index (χ3n) is 2.85. The molecule has 110 valence electrons. The Morgan fingerprint density at radius 1 is 1.30 bits per heavy atom. The van der Waals surface area contributed by atoms with Gasteiger partial charge in [-0.05, 0) is 11.0 Å². The van der Waals surface area contributed by atoms with Gasteiger partial charge in [-0.15, -0.1) is 0 Å². The van der Waals surface area contributed by atoms with Gasteiger partial charge in [0.05, 0.1) is 6.42 Å². The van der Waals surface area contributed by atoms with Crippen molar-refractivity contribution in [2.24, 2.45) is 16.3 Å². The van der Waals surface area contributed by atoms with Gasteiger partial charge in [0, 0.05) is 19.2 Å². The van der Waals surface area contributed by atoms with Gasteiger partial charge >= 0.3 is 0 Å². The summed E-state index contributed by atoms with van der Waals surface area (Å²) in [5, 5.41) is 11.5. The molecular weight excluding hydrogens is 254 g/mol. The van der Waals surface area contributed by atoms with E-state index in [4.69, 9.17) is 10.9 Å². The first-order chi connectivity index (χ1) is 9.23. The molecule has 0 aliphatic heterocycles. The van der Waals surface area contributed by atoms with Crippen LogP contribution in [-0.4, -0.2) is 35.4 Å². The first-order valence-electron chi connectivity index (χ1n) is 6.54. The predicted molar refractivity (Wildman–Crippen MR) is 79.7 cm³/mol. The maximum absolute atomic E-state index is 12.1. The molecule has 1 amide bonds. The molecule has 1 rings (SSSR count). The lowest BCUT2D eigenvalue weighted by atomic mass is 9.96. The van der Waals surface area contributed by atoms with E-state index < -0.39 is 0 Å². The molecular formula is C15H23N3O2. The van der Waals surface area contributed by atoms with E-state index in [2.05, 4.69) is 25.9 Å². The van der Waals surface area contributed by atoms with Crippen LogP contribution < -0.4 is 5.73 Å². The number of oxime groups is 1. The Kier molecular flexibility index (Phi) is 5.13.